The van der Waals surface area contributed by atoms with Crippen LogP contribution in [0.1, 0.15) is 24.7 Å². The maximum atomic E-state index is 4.11. The Labute approximate surface area is 122 Å². The van der Waals surface area contributed by atoms with E-state index in [9.17, 15) is 0 Å². The minimum atomic E-state index is 0.482. The van der Waals surface area contributed by atoms with Crippen molar-refractivity contribution in [2.24, 2.45) is 0 Å². The molecular formula is C14H19BrN4. The molecule has 2 N–H and O–H groups in total. The van der Waals surface area contributed by atoms with Crippen LogP contribution in [-0.4, -0.2) is 27.8 Å². The van der Waals surface area contributed by atoms with Gasteiger partial charge in [0.1, 0.15) is 12.2 Å². The van der Waals surface area contributed by atoms with Crippen molar-refractivity contribution in [2.75, 3.05) is 6.54 Å². The molecule has 5 heteroatoms. The van der Waals surface area contributed by atoms with Crippen LogP contribution in [0.4, 0.5) is 0 Å². The van der Waals surface area contributed by atoms with Gasteiger partial charge >= 0.3 is 0 Å². The van der Waals surface area contributed by atoms with Crippen molar-refractivity contribution in [3.8, 4) is 0 Å². The molecule has 0 aliphatic heterocycles. The smallest absolute Gasteiger partial charge is 0.137 e. The van der Waals surface area contributed by atoms with Gasteiger partial charge in [-0.05, 0) is 44.0 Å². The summed E-state index contributed by atoms with van der Waals surface area (Å²) in [4.78, 5) is 4.11. The maximum Gasteiger partial charge on any atom is 0.137 e. The van der Waals surface area contributed by atoms with E-state index in [2.05, 4.69) is 67.6 Å². The van der Waals surface area contributed by atoms with Gasteiger partial charge in [-0.1, -0.05) is 28.1 Å². The third-order valence-electron chi connectivity index (χ3n) is 3.00. The highest BCUT2D eigenvalue weighted by atomic mass is 79.9. The molecule has 0 aliphatic carbocycles. The highest BCUT2D eigenvalue weighted by Crippen LogP contribution is 2.11. The summed E-state index contributed by atoms with van der Waals surface area (Å²) >= 11 is 3.45. The van der Waals surface area contributed by atoms with E-state index >= 15 is 0 Å². The van der Waals surface area contributed by atoms with Gasteiger partial charge in [-0.3, -0.25) is 5.10 Å². The van der Waals surface area contributed by atoms with Gasteiger partial charge in [0.15, 0.2) is 0 Å². The number of aromatic nitrogens is 3. The molecule has 0 radical (unpaired) electrons. The van der Waals surface area contributed by atoms with E-state index in [4.69, 9.17) is 0 Å². The highest BCUT2D eigenvalue weighted by molar-refractivity contribution is 9.10. The molecule has 0 amide bonds. The minimum absolute atomic E-state index is 0.482. The van der Waals surface area contributed by atoms with Crippen LogP contribution < -0.4 is 5.32 Å². The molecule has 0 saturated carbocycles. The second kappa shape index (κ2) is 7.40. The number of hydrogen-bond acceptors (Lipinski definition) is 3. The summed E-state index contributed by atoms with van der Waals surface area (Å²) in [7, 11) is 0. The molecule has 19 heavy (non-hydrogen) atoms. The average molecular weight is 323 g/mol. The Balaban J connectivity index is 1.64. The van der Waals surface area contributed by atoms with Crippen LogP contribution in [0, 0.1) is 0 Å². The van der Waals surface area contributed by atoms with Crippen molar-refractivity contribution < 1.29 is 0 Å². The number of nitrogens with zero attached hydrogens (tertiary/aromatic N) is 2. The normalized spacial score (nSPS) is 12.5. The molecule has 0 aliphatic rings. The van der Waals surface area contributed by atoms with E-state index in [-0.39, 0.29) is 0 Å². The number of benzene rings is 1. The number of aryl methyl sites for hydroxylation is 1. The second-order valence-electron chi connectivity index (χ2n) is 4.72. The van der Waals surface area contributed by atoms with Crippen LogP contribution in [0.3, 0.4) is 0 Å². The van der Waals surface area contributed by atoms with Crippen molar-refractivity contribution in [1.82, 2.24) is 20.5 Å². The third kappa shape index (κ3) is 5.12. The Morgan fingerprint density at radius 2 is 2.11 bits per heavy atom. The summed E-state index contributed by atoms with van der Waals surface area (Å²) < 4.78 is 1.13. The molecule has 2 rings (SSSR count). The Morgan fingerprint density at radius 1 is 1.32 bits per heavy atom. The van der Waals surface area contributed by atoms with Gasteiger partial charge in [0.25, 0.3) is 0 Å². The predicted molar refractivity (Wildman–Crippen MR) is 80.0 cm³/mol. The molecule has 0 saturated heterocycles. The Morgan fingerprint density at radius 3 is 2.79 bits per heavy atom. The topological polar surface area (TPSA) is 53.6 Å². The zero-order valence-electron chi connectivity index (χ0n) is 11.1. The fourth-order valence-corrected chi connectivity index (χ4v) is 2.27. The fourth-order valence-electron chi connectivity index (χ4n) is 2.00. The van der Waals surface area contributed by atoms with E-state index in [1.54, 1.807) is 6.33 Å². The zero-order valence-corrected chi connectivity index (χ0v) is 12.7. The SMILES string of the molecule is CC(Cc1ccc(Br)cc1)NCCCc1ncn[nH]1. The molecule has 102 valence electrons. The van der Waals surface area contributed by atoms with E-state index < -0.39 is 0 Å². The van der Waals surface area contributed by atoms with Crippen LogP contribution >= 0.6 is 15.9 Å². The number of H-pyrrole nitrogens is 1. The molecular weight excluding hydrogens is 304 g/mol. The standard InChI is InChI=1S/C14H19BrN4/c1-11(9-12-4-6-13(15)7-5-12)16-8-2-3-14-17-10-18-19-14/h4-7,10-11,16H,2-3,8-9H2,1H3,(H,17,18,19). The van der Waals surface area contributed by atoms with Gasteiger partial charge in [-0.25, -0.2) is 4.98 Å². The summed E-state index contributed by atoms with van der Waals surface area (Å²) in [5.74, 6) is 0.961. The van der Waals surface area contributed by atoms with Gasteiger partial charge in [0.2, 0.25) is 0 Å². The first-order valence-electron chi connectivity index (χ1n) is 6.56. The Hall–Kier alpha value is -1.20. The molecule has 1 unspecified atom stereocenters. The van der Waals surface area contributed by atoms with Crippen LogP contribution in [0.2, 0.25) is 0 Å². The van der Waals surface area contributed by atoms with Crippen molar-refractivity contribution in [3.63, 3.8) is 0 Å². The lowest BCUT2D eigenvalue weighted by Gasteiger charge is -2.13. The number of halogens is 1. The van der Waals surface area contributed by atoms with Gasteiger partial charge in [-0.15, -0.1) is 0 Å². The third-order valence-corrected chi connectivity index (χ3v) is 3.53. The summed E-state index contributed by atoms with van der Waals surface area (Å²) in [5, 5.41) is 10.2. The van der Waals surface area contributed by atoms with Gasteiger partial charge in [-0.2, -0.15) is 5.10 Å². The first-order chi connectivity index (χ1) is 9.24. The number of aromatic amines is 1. The van der Waals surface area contributed by atoms with Crippen molar-refractivity contribution in [3.05, 3.63) is 46.5 Å². The number of hydrogen-bond donors (Lipinski definition) is 2. The monoisotopic (exact) mass is 322 g/mol. The van der Waals surface area contributed by atoms with Crippen LogP contribution in [0.25, 0.3) is 0 Å². The molecule has 0 fully saturated rings. The van der Waals surface area contributed by atoms with E-state index in [1.807, 2.05) is 0 Å². The first kappa shape index (κ1) is 14.2. The minimum Gasteiger partial charge on any atom is -0.314 e. The van der Waals surface area contributed by atoms with Crippen LogP contribution in [0.15, 0.2) is 35.1 Å². The van der Waals surface area contributed by atoms with Gasteiger partial charge in [0.05, 0.1) is 0 Å². The number of nitrogens with one attached hydrogen (secondary N) is 2. The van der Waals surface area contributed by atoms with Crippen molar-refractivity contribution in [1.29, 1.82) is 0 Å². The second-order valence-corrected chi connectivity index (χ2v) is 5.64. The largest absolute Gasteiger partial charge is 0.314 e. The van der Waals surface area contributed by atoms with E-state index in [0.29, 0.717) is 6.04 Å². The molecule has 0 spiro atoms. The average Bonchev–Trinajstić information content (AvgIpc) is 2.91. The summed E-state index contributed by atoms with van der Waals surface area (Å²) in [6.07, 6.45) is 4.62. The first-order valence-corrected chi connectivity index (χ1v) is 7.35. The van der Waals surface area contributed by atoms with Crippen molar-refractivity contribution >= 4 is 15.9 Å². The fraction of sp³-hybridized carbons (Fsp3) is 0.429. The Kier molecular flexibility index (Phi) is 5.54. The Bertz CT molecular complexity index is 467. The molecule has 1 aromatic carbocycles. The lowest BCUT2D eigenvalue weighted by molar-refractivity contribution is 0.531. The quantitative estimate of drug-likeness (QED) is 0.771. The van der Waals surface area contributed by atoms with Crippen molar-refractivity contribution in [2.45, 2.75) is 32.2 Å². The van der Waals surface area contributed by atoms with Crippen LogP contribution in [0.5, 0.6) is 0 Å². The molecule has 2 aromatic rings. The lowest BCUT2D eigenvalue weighted by Crippen LogP contribution is -2.29. The van der Waals surface area contributed by atoms with Gasteiger partial charge < -0.3 is 5.32 Å². The predicted octanol–water partition coefficient (Wildman–Crippen LogP) is 2.72. The summed E-state index contributed by atoms with van der Waals surface area (Å²) in [5.41, 5.74) is 1.36. The molecule has 0 bridgehead atoms. The van der Waals surface area contributed by atoms with E-state index in [0.717, 1.165) is 36.1 Å². The summed E-state index contributed by atoms with van der Waals surface area (Å²) in [6.45, 7) is 3.22. The molecule has 1 aromatic heterocycles. The maximum absolute atomic E-state index is 4.11. The van der Waals surface area contributed by atoms with Crippen LogP contribution in [-0.2, 0) is 12.8 Å². The molecule has 4 nitrogen and oxygen atoms in total. The molecule has 1 heterocycles. The lowest BCUT2D eigenvalue weighted by atomic mass is 10.1. The highest BCUT2D eigenvalue weighted by Gasteiger charge is 2.03. The van der Waals surface area contributed by atoms with E-state index in [1.165, 1.54) is 5.56 Å². The summed E-state index contributed by atoms with van der Waals surface area (Å²) in [6, 6.07) is 8.99. The number of rotatable bonds is 7. The zero-order chi connectivity index (χ0) is 13.5. The van der Waals surface area contributed by atoms with Gasteiger partial charge in [0, 0.05) is 16.9 Å². The molecule has 1 atom stereocenters.